The summed E-state index contributed by atoms with van der Waals surface area (Å²) in [5.74, 6) is 0.465. The molecule has 0 aliphatic carbocycles. The standard InChI is InChI=1S/C22H27BrN4O4/c1-12(2)19(18-9-13(3)25-30-18)21(29)27-11-16(28)10-17(27)20-24-22(4,31-26-20)14-5-7-15(23)8-6-14/h5-9,12,16-17,19,28H,10-11H2,1-4H3,(H,24,26)/t16-,17+,19+,22-/m1/s1. The highest BCUT2D eigenvalue weighted by Gasteiger charge is 2.46. The number of nitrogens with zero attached hydrogens (tertiary/aromatic N) is 3. The molecule has 2 aromatic rings. The summed E-state index contributed by atoms with van der Waals surface area (Å²) in [7, 11) is 0. The number of aliphatic hydroxyl groups is 1. The summed E-state index contributed by atoms with van der Waals surface area (Å²) in [4.78, 5) is 21.0. The van der Waals surface area contributed by atoms with E-state index in [0.717, 1.165) is 15.7 Å². The smallest absolute Gasteiger partial charge is 0.234 e. The number of carbonyl (C=O) groups is 1. The van der Waals surface area contributed by atoms with Gasteiger partial charge >= 0.3 is 0 Å². The molecule has 9 heteroatoms. The fourth-order valence-corrected chi connectivity index (χ4v) is 4.49. The predicted octanol–water partition coefficient (Wildman–Crippen LogP) is 3.25. The van der Waals surface area contributed by atoms with Crippen LogP contribution >= 0.6 is 15.9 Å². The first-order valence-corrected chi connectivity index (χ1v) is 11.2. The molecule has 0 bridgehead atoms. The average Bonchev–Trinajstić information content (AvgIpc) is 3.41. The number of rotatable bonds is 5. The lowest BCUT2D eigenvalue weighted by Gasteiger charge is -2.30. The number of nitrogens with one attached hydrogen (secondary N) is 1. The van der Waals surface area contributed by atoms with Crippen LogP contribution in [0.5, 0.6) is 0 Å². The van der Waals surface area contributed by atoms with Gasteiger partial charge in [0.05, 0.1) is 17.8 Å². The molecule has 31 heavy (non-hydrogen) atoms. The Morgan fingerprint density at radius 3 is 2.68 bits per heavy atom. The Morgan fingerprint density at radius 1 is 1.35 bits per heavy atom. The van der Waals surface area contributed by atoms with Gasteiger partial charge in [-0.05, 0) is 25.0 Å². The molecule has 166 valence electrons. The molecule has 0 radical (unpaired) electrons. The van der Waals surface area contributed by atoms with Gasteiger partial charge in [0.25, 0.3) is 0 Å². The predicted molar refractivity (Wildman–Crippen MR) is 118 cm³/mol. The number of aryl methyl sites for hydroxylation is 1. The molecule has 4 atom stereocenters. The molecule has 3 heterocycles. The van der Waals surface area contributed by atoms with Gasteiger partial charge in [-0.2, -0.15) is 0 Å². The molecule has 2 aliphatic heterocycles. The summed E-state index contributed by atoms with van der Waals surface area (Å²) < 4.78 is 6.39. The summed E-state index contributed by atoms with van der Waals surface area (Å²) >= 11 is 3.44. The first-order valence-electron chi connectivity index (χ1n) is 10.4. The third kappa shape index (κ3) is 4.21. The van der Waals surface area contributed by atoms with Crippen LogP contribution in [0.2, 0.25) is 0 Å². The highest BCUT2D eigenvalue weighted by molar-refractivity contribution is 9.10. The fourth-order valence-electron chi connectivity index (χ4n) is 4.23. The molecular weight excluding hydrogens is 464 g/mol. The van der Waals surface area contributed by atoms with Crippen LogP contribution in [-0.4, -0.2) is 45.6 Å². The van der Waals surface area contributed by atoms with E-state index in [4.69, 9.17) is 9.36 Å². The maximum Gasteiger partial charge on any atom is 0.234 e. The van der Waals surface area contributed by atoms with E-state index < -0.39 is 23.8 Å². The molecule has 0 saturated carbocycles. The summed E-state index contributed by atoms with van der Waals surface area (Å²) in [6, 6.07) is 9.15. The second kappa shape index (κ2) is 8.27. The summed E-state index contributed by atoms with van der Waals surface area (Å²) in [5.41, 5.74) is 0.785. The molecule has 0 unspecified atom stereocenters. The van der Waals surface area contributed by atoms with Gasteiger partial charge in [-0.25, -0.2) is 0 Å². The van der Waals surface area contributed by atoms with Crippen molar-refractivity contribution >= 4 is 27.7 Å². The number of aromatic nitrogens is 1. The molecule has 2 N–H and O–H groups in total. The summed E-state index contributed by atoms with van der Waals surface area (Å²) in [5, 5.41) is 21.9. The van der Waals surface area contributed by atoms with Gasteiger partial charge in [0.2, 0.25) is 11.6 Å². The second-order valence-electron chi connectivity index (χ2n) is 8.72. The lowest BCUT2D eigenvalue weighted by Crippen LogP contribution is -2.50. The Kier molecular flexibility index (Phi) is 5.83. The Bertz CT molecular complexity index is 990. The molecule has 1 aromatic carbocycles. The van der Waals surface area contributed by atoms with Gasteiger partial charge in [-0.15, -0.1) is 0 Å². The van der Waals surface area contributed by atoms with Crippen molar-refractivity contribution in [2.24, 2.45) is 11.1 Å². The van der Waals surface area contributed by atoms with E-state index in [9.17, 15) is 9.90 Å². The van der Waals surface area contributed by atoms with E-state index in [-0.39, 0.29) is 18.4 Å². The molecule has 1 saturated heterocycles. The monoisotopic (exact) mass is 490 g/mol. The van der Waals surface area contributed by atoms with Crippen LogP contribution in [-0.2, 0) is 15.4 Å². The van der Waals surface area contributed by atoms with Crippen LogP contribution in [0.25, 0.3) is 0 Å². The zero-order chi connectivity index (χ0) is 22.3. The van der Waals surface area contributed by atoms with Gasteiger partial charge in [0.1, 0.15) is 11.7 Å². The van der Waals surface area contributed by atoms with E-state index in [1.807, 2.05) is 52.0 Å². The van der Waals surface area contributed by atoms with Crippen LogP contribution < -0.4 is 5.32 Å². The molecule has 1 fully saturated rings. The Morgan fingerprint density at radius 2 is 2.06 bits per heavy atom. The topological polar surface area (TPSA) is 100 Å². The molecular formula is C22H27BrN4O4. The largest absolute Gasteiger partial charge is 0.391 e. The quantitative estimate of drug-likeness (QED) is 0.666. The van der Waals surface area contributed by atoms with Gasteiger partial charge < -0.3 is 24.7 Å². The second-order valence-corrected chi connectivity index (χ2v) is 9.64. The highest BCUT2D eigenvalue weighted by Crippen LogP contribution is 2.34. The van der Waals surface area contributed by atoms with Crippen molar-refractivity contribution in [1.29, 1.82) is 0 Å². The van der Waals surface area contributed by atoms with Crippen molar-refractivity contribution in [1.82, 2.24) is 15.4 Å². The normalized spacial score (nSPS) is 26.5. The summed E-state index contributed by atoms with van der Waals surface area (Å²) in [6.07, 6.45) is -0.250. The van der Waals surface area contributed by atoms with Crippen LogP contribution in [0.4, 0.5) is 0 Å². The van der Waals surface area contributed by atoms with Crippen LogP contribution in [0.3, 0.4) is 0 Å². The Labute approximate surface area is 189 Å². The van der Waals surface area contributed by atoms with Crippen LogP contribution in [0, 0.1) is 12.8 Å². The SMILES string of the molecule is Cc1cc([C@@H](C(=O)N2C[C@H](O)C[C@H]2C2=NO[C@](C)(c3ccc(Br)cc3)N2)C(C)C)on1. The number of hydrogen-bond acceptors (Lipinski definition) is 7. The van der Waals surface area contributed by atoms with Gasteiger partial charge in [-0.1, -0.05) is 52.2 Å². The van der Waals surface area contributed by atoms with Gasteiger partial charge in [0.15, 0.2) is 5.84 Å². The first-order chi connectivity index (χ1) is 14.7. The van der Waals surface area contributed by atoms with Gasteiger partial charge in [-0.3, -0.25) is 4.79 Å². The maximum atomic E-state index is 13.6. The van der Waals surface area contributed by atoms with E-state index >= 15 is 0 Å². The number of halogens is 1. The van der Waals surface area contributed by atoms with E-state index in [2.05, 4.69) is 31.6 Å². The third-order valence-electron chi connectivity index (χ3n) is 5.85. The number of benzene rings is 1. The van der Waals surface area contributed by atoms with Crippen LogP contribution in [0.15, 0.2) is 44.5 Å². The molecule has 1 amide bonds. The first kappa shape index (κ1) is 21.8. The minimum atomic E-state index is -0.849. The number of oxime groups is 1. The van der Waals surface area contributed by atoms with Crippen LogP contribution in [0.1, 0.15) is 50.1 Å². The molecule has 0 spiro atoms. The number of β-amino-alcohol motifs (C(OH)–C–C–N with tert-alkyl or cyclic N) is 1. The Balaban J connectivity index is 1.57. The third-order valence-corrected chi connectivity index (χ3v) is 6.38. The van der Waals surface area contributed by atoms with Crippen molar-refractivity contribution in [3.05, 3.63) is 51.8 Å². The van der Waals surface area contributed by atoms with Crippen molar-refractivity contribution in [2.75, 3.05) is 6.54 Å². The number of hydrogen-bond donors (Lipinski definition) is 2. The number of aliphatic hydroxyl groups excluding tert-OH is 1. The lowest BCUT2D eigenvalue weighted by atomic mass is 9.91. The van der Waals surface area contributed by atoms with Crippen molar-refractivity contribution in [3.8, 4) is 0 Å². The average molecular weight is 491 g/mol. The Hall–Kier alpha value is -2.39. The lowest BCUT2D eigenvalue weighted by molar-refractivity contribution is -0.134. The molecule has 1 aromatic heterocycles. The number of amidine groups is 1. The molecule has 4 rings (SSSR count). The van der Waals surface area contributed by atoms with Crippen molar-refractivity contribution in [3.63, 3.8) is 0 Å². The van der Waals surface area contributed by atoms with Gasteiger partial charge in [0, 0.05) is 36.0 Å². The number of carbonyl (C=O) groups excluding carboxylic acids is 1. The zero-order valence-electron chi connectivity index (χ0n) is 18.0. The number of likely N-dealkylation sites (tertiary alicyclic amines) is 1. The van der Waals surface area contributed by atoms with E-state index in [0.29, 0.717) is 18.0 Å². The molecule has 8 nitrogen and oxygen atoms in total. The van der Waals surface area contributed by atoms with Crippen molar-refractivity contribution < 1.29 is 19.3 Å². The fraction of sp³-hybridized carbons (Fsp3) is 0.500. The minimum absolute atomic E-state index is 0.000926. The van der Waals surface area contributed by atoms with Crippen molar-refractivity contribution in [2.45, 2.75) is 57.9 Å². The summed E-state index contributed by atoms with van der Waals surface area (Å²) in [6.45, 7) is 7.89. The number of amides is 1. The van der Waals surface area contributed by atoms with E-state index in [1.54, 1.807) is 11.0 Å². The molecule has 2 aliphatic rings. The maximum absolute atomic E-state index is 13.6. The minimum Gasteiger partial charge on any atom is -0.391 e. The zero-order valence-corrected chi connectivity index (χ0v) is 19.6. The van der Waals surface area contributed by atoms with E-state index in [1.165, 1.54) is 0 Å². The highest BCUT2D eigenvalue weighted by atomic mass is 79.9.